The largest absolute Gasteiger partial charge is 0.481 e. The summed E-state index contributed by atoms with van der Waals surface area (Å²) < 4.78 is 5.81. The van der Waals surface area contributed by atoms with E-state index in [9.17, 15) is 9.59 Å². The quantitative estimate of drug-likeness (QED) is 0.698. The first-order valence-electron chi connectivity index (χ1n) is 9.66. The van der Waals surface area contributed by atoms with E-state index in [2.05, 4.69) is 24.5 Å². The van der Waals surface area contributed by atoms with Gasteiger partial charge < -0.3 is 15.4 Å². The van der Waals surface area contributed by atoms with Crippen LogP contribution in [0.25, 0.3) is 0 Å². The highest BCUT2D eigenvalue weighted by atomic mass is 16.5. The highest BCUT2D eigenvalue weighted by molar-refractivity contribution is 5.96. The molecule has 0 radical (unpaired) electrons. The fourth-order valence-corrected chi connectivity index (χ4v) is 2.83. The summed E-state index contributed by atoms with van der Waals surface area (Å²) in [6.45, 7) is 11.7. The number of anilines is 2. The van der Waals surface area contributed by atoms with Crippen LogP contribution in [-0.4, -0.2) is 17.9 Å². The monoisotopic (exact) mass is 382 g/mol. The van der Waals surface area contributed by atoms with Gasteiger partial charge in [-0.1, -0.05) is 39.8 Å². The van der Waals surface area contributed by atoms with E-state index in [-0.39, 0.29) is 17.7 Å². The third-order valence-electron chi connectivity index (χ3n) is 4.47. The summed E-state index contributed by atoms with van der Waals surface area (Å²) in [7, 11) is 0. The Balaban J connectivity index is 2.01. The molecule has 5 nitrogen and oxygen atoms in total. The average molecular weight is 383 g/mol. The molecular weight excluding hydrogens is 352 g/mol. The topological polar surface area (TPSA) is 67.4 Å². The molecule has 1 atom stereocenters. The molecule has 0 saturated carbocycles. The molecule has 0 saturated heterocycles. The van der Waals surface area contributed by atoms with Gasteiger partial charge in [0.25, 0.3) is 5.91 Å². The lowest BCUT2D eigenvalue weighted by Crippen LogP contribution is -2.30. The normalized spacial score (nSPS) is 12.0. The molecule has 0 aromatic heterocycles. The number of aryl methyl sites for hydroxylation is 1. The molecule has 2 rings (SSSR count). The van der Waals surface area contributed by atoms with Crippen LogP contribution in [0.4, 0.5) is 11.4 Å². The second-order valence-corrected chi connectivity index (χ2v) is 7.65. The molecule has 0 spiro atoms. The van der Waals surface area contributed by atoms with Gasteiger partial charge in [-0.15, -0.1) is 0 Å². The van der Waals surface area contributed by atoms with Crippen LogP contribution < -0.4 is 15.4 Å². The smallest absolute Gasteiger partial charge is 0.265 e. The predicted molar refractivity (Wildman–Crippen MR) is 114 cm³/mol. The number of benzene rings is 2. The molecule has 0 aliphatic carbocycles. The molecule has 2 aromatic carbocycles. The summed E-state index contributed by atoms with van der Waals surface area (Å²) in [4.78, 5) is 24.3. The van der Waals surface area contributed by atoms with Crippen molar-refractivity contribution in [3.63, 3.8) is 0 Å². The van der Waals surface area contributed by atoms with Crippen molar-refractivity contribution in [2.24, 2.45) is 5.92 Å². The number of rotatable bonds is 7. The standard InChI is InChI=1S/C23H30N2O3/c1-14(2)21-11-10-20(12-16(21)5)28-17(6)23(27)25-19-9-7-8-18(13-19)24-22(26)15(3)4/h7-15,17H,1-6H3,(H,24,26)(H,25,27). The maximum atomic E-state index is 12.5. The highest BCUT2D eigenvalue weighted by Gasteiger charge is 2.16. The fraction of sp³-hybridized carbons (Fsp3) is 0.391. The highest BCUT2D eigenvalue weighted by Crippen LogP contribution is 2.24. The summed E-state index contributed by atoms with van der Waals surface area (Å²) >= 11 is 0. The molecule has 2 N–H and O–H groups in total. The Labute approximate surface area is 167 Å². The van der Waals surface area contributed by atoms with E-state index in [1.807, 2.05) is 39.0 Å². The zero-order chi connectivity index (χ0) is 20.8. The van der Waals surface area contributed by atoms with Crippen molar-refractivity contribution in [3.8, 4) is 5.75 Å². The molecule has 0 bridgehead atoms. The van der Waals surface area contributed by atoms with Crippen LogP contribution in [0, 0.1) is 12.8 Å². The summed E-state index contributed by atoms with van der Waals surface area (Å²) in [5.41, 5.74) is 3.66. The predicted octanol–water partition coefficient (Wildman–Crippen LogP) is 5.12. The van der Waals surface area contributed by atoms with Crippen LogP contribution in [0.5, 0.6) is 5.75 Å². The second-order valence-electron chi connectivity index (χ2n) is 7.65. The third kappa shape index (κ3) is 5.84. The van der Waals surface area contributed by atoms with E-state index in [1.165, 1.54) is 5.56 Å². The summed E-state index contributed by atoms with van der Waals surface area (Å²) in [5, 5.41) is 5.66. The van der Waals surface area contributed by atoms with Crippen molar-refractivity contribution < 1.29 is 14.3 Å². The Hall–Kier alpha value is -2.82. The molecule has 2 aromatic rings. The van der Waals surface area contributed by atoms with E-state index in [1.54, 1.807) is 31.2 Å². The van der Waals surface area contributed by atoms with Crippen molar-refractivity contribution in [1.29, 1.82) is 0 Å². The molecule has 0 fully saturated rings. The number of ether oxygens (including phenoxy) is 1. The van der Waals surface area contributed by atoms with Crippen LogP contribution in [-0.2, 0) is 9.59 Å². The van der Waals surface area contributed by atoms with E-state index in [4.69, 9.17) is 4.74 Å². The van der Waals surface area contributed by atoms with Crippen LogP contribution in [0.3, 0.4) is 0 Å². The number of nitrogens with one attached hydrogen (secondary N) is 2. The minimum Gasteiger partial charge on any atom is -0.481 e. The summed E-state index contributed by atoms with van der Waals surface area (Å²) in [5.74, 6) is 0.677. The Kier molecular flexibility index (Phi) is 7.21. The first kappa shape index (κ1) is 21.5. The third-order valence-corrected chi connectivity index (χ3v) is 4.47. The Morgan fingerprint density at radius 1 is 0.857 bits per heavy atom. The first-order valence-corrected chi connectivity index (χ1v) is 9.66. The van der Waals surface area contributed by atoms with Gasteiger partial charge in [0.05, 0.1) is 0 Å². The summed E-state index contributed by atoms with van der Waals surface area (Å²) in [6, 6.07) is 13.0. The van der Waals surface area contributed by atoms with E-state index in [0.29, 0.717) is 23.0 Å². The number of carbonyl (C=O) groups excluding carboxylic acids is 2. The Morgan fingerprint density at radius 3 is 2.00 bits per heavy atom. The zero-order valence-corrected chi connectivity index (χ0v) is 17.5. The fourth-order valence-electron chi connectivity index (χ4n) is 2.83. The SMILES string of the molecule is Cc1cc(OC(C)C(=O)Nc2cccc(NC(=O)C(C)C)c2)ccc1C(C)C. The van der Waals surface area contributed by atoms with Gasteiger partial charge in [-0.05, 0) is 61.2 Å². The van der Waals surface area contributed by atoms with Gasteiger partial charge in [0.15, 0.2) is 6.10 Å². The van der Waals surface area contributed by atoms with Gasteiger partial charge in [0.2, 0.25) is 5.91 Å². The lowest BCUT2D eigenvalue weighted by Gasteiger charge is -2.17. The minimum absolute atomic E-state index is 0.0691. The molecule has 5 heteroatoms. The second kappa shape index (κ2) is 9.40. The number of hydrogen-bond acceptors (Lipinski definition) is 3. The number of hydrogen-bond donors (Lipinski definition) is 2. The van der Waals surface area contributed by atoms with Crippen LogP contribution in [0.1, 0.15) is 51.7 Å². The average Bonchev–Trinajstić information content (AvgIpc) is 2.61. The lowest BCUT2D eigenvalue weighted by molar-refractivity contribution is -0.122. The molecular formula is C23H30N2O3. The maximum Gasteiger partial charge on any atom is 0.265 e. The Bertz CT molecular complexity index is 843. The van der Waals surface area contributed by atoms with Crippen molar-refractivity contribution >= 4 is 23.2 Å². The van der Waals surface area contributed by atoms with E-state index >= 15 is 0 Å². The van der Waals surface area contributed by atoms with Crippen molar-refractivity contribution in [2.75, 3.05) is 10.6 Å². The summed E-state index contributed by atoms with van der Waals surface area (Å²) in [6.07, 6.45) is -0.654. The number of amides is 2. The molecule has 1 unspecified atom stereocenters. The van der Waals surface area contributed by atoms with Crippen LogP contribution >= 0.6 is 0 Å². The van der Waals surface area contributed by atoms with Crippen molar-refractivity contribution in [1.82, 2.24) is 0 Å². The zero-order valence-electron chi connectivity index (χ0n) is 17.5. The Morgan fingerprint density at radius 2 is 1.46 bits per heavy atom. The molecule has 2 amide bonds. The van der Waals surface area contributed by atoms with Gasteiger partial charge in [0.1, 0.15) is 5.75 Å². The van der Waals surface area contributed by atoms with Crippen LogP contribution in [0.2, 0.25) is 0 Å². The molecule has 0 aliphatic rings. The van der Waals surface area contributed by atoms with Crippen molar-refractivity contribution in [2.45, 2.75) is 53.6 Å². The first-order chi connectivity index (χ1) is 13.2. The van der Waals surface area contributed by atoms with E-state index < -0.39 is 6.10 Å². The van der Waals surface area contributed by atoms with Gasteiger partial charge in [-0.3, -0.25) is 9.59 Å². The van der Waals surface area contributed by atoms with Gasteiger partial charge in [-0.25, -0.2) is 0 Å². The minimum atomic E-state index is -0.654. The molecule has 0 heterocycles. The van der Waals surface area contributed by atoms with Gasteiger partial charge in [0, 0.05) is 17.3 Å². The molecule has 150 valence electrons. The number of carbonyl (C=O) groups is 2. The van der Waals surface area contributed by atoms with E-state index in [0.717, 1.165) is 5.56 Å². The van der Waals surface area contributed by atoms with Crippen LogP contribution in [0.15, 0.2) is 42.5 Å². The van der Waals surface area contributed by atoms with Gasteiger partial charge in [-0.2, -0.15) is 0 Å². The maximum absolute atomic E-state index is 12.5. The van der Waals surface area contributed by atoms with Gasteiger partial charge >= 0.3 is 0 Å². The molecule has 28 heavy (non-hydrogen) atoms. The molecule has 0 aliphatic heterocycles. The lowest BCUT2D eigenvalue weighted by atomic mass is 9.98. The van der Waals surface area contributed by atoms with Crippen molar-refractivity contribution in [3.05, 3.63) is 53.6 Å².